The summed E-state index contributed by atoms with van der Waals surface area (Å²) in [7, 11) is 0. The van der Waals surface area contributed by atoms with E-state index in [1.807, 2.05) is 0 Å². The Morgan fingerprint density at radius 3 is 2.90 bits per heavy atom. The van der Waals surface area contributed by atoms with Gasteiger partial charge in [0, 0.05) is 25.3 Å². The van der Waals surface area contributed by atoms with E-state index in [0.717, 1.165) is 38.6 Å². The molecular formula is C16H27N3O. The largest absolute Gasteiger partial charge is 0.375 e. The molecule has 112 valence electrons. The summed E-state index contributed by atoms with van der Waals surface area (Å²) in [6.07, 6.45) is 0.283. The summed E-state index contributed by atoms with van der Waals surface area (Å²) >= 11 is 0. The molecule has 4 nitrogen and oxygen atoms in total. The summed E-state index contributed by atoms with van der Waals surface area (Å²) in [4.78, 5) is 7.18. The van der Waals surface area contributed by atoms with E-state index in [0.29, 0.717) is 5.92 Å². The Morgan fingerprint density at radius 1 is 1.45 bits per heavy atom. The van der Waals surface area contributed by atoms with Crippen molar-refractivity contribution in [3.63, 3.8) is 0 Å². The number of nitrogens with one attached hydrogen (secondary N) is 1. The topological polar surface area (TPSA) is 37.4 Å². The molecule has 1 aromatic rings. The molecule has 1 N–H and O–H groups in total. The molecule has 0 amide bonds. The van der Waals surface area contributed by atoms with Crippen LogP contribution < -0.4 is 10.2 Å². The van der Waals surface area contributed by atoms with Gasteiger partial charge in [0.25, 0.3) is 0 Å². The zero-order chi connectivity index (χ0) is 14.5. The molecular weight excluding hydrogens is 250 g/mol. The SMILES string of the molecule is CCNCc1cc(C(C)C)nc(N2CCOC(C)C2)c1. The second kappa shape index (κ2) is 7.04. The molecule has 1 atom stereocenters. The lowest BCUT2D eigenvalue weighted by Crippen LogP contribution is -2.41. The number of anilines is 1. The fourth-order valence-electron chi connectivity index (χ4n) is 2.45. The minimum Gasteiger partial charge on any atom is -0.375 e. The molecule has 4 heteroatoms. The van der Waals surface area contributed by atoms with E-state index >= 15 is 0 Å². The zero-order valence-corrected chi connectivity index (χ0v) is 13.1. The third-order valence-electron chi connectivity index (χ3n) is 3.63. The summed E-state index contributed by atoms with van der Waals surface area (Å²) < 4.78 is 5.62. The number of pyridine rings is 1. The van der Waals surface area contributed by atoms with Crippen LogP contribution in [0.2, 0.25) is 0 Å². The first-order valence-corrected chi connectivity index (χ1v) is 7.68. The number of ether oxygens (including phenoxy) is 1. The van der Waals surface area contributed by atoms with Gasteiger partial charge in [-0.2, -0.15) is 0 Å². The van der Waals surface area contributed by atoms with Crippen LogP contribution in [0.5, 0.6) is 0 Å². The van der Waals surface area contributed by atoms with Crippen LogP contribution in [0.1, 0.15) is 44.9 Å². The highest BCUT2D eigenvalue weighted by molar-refractivity contribution is 5.44. The van der Waals surface area contributed by atoms with Gasteiger partial charge in [-0.1, -0.05) is 20.8 Å². The zero-order valence-electron chi connectivity index (χ0n) is 13.1. The second-order valence-electron chi connectivity index (χ2n) is 5.82. The van der Waals surface area contributed by atoms with E-state index in [2.05, 4.69) is 50.0 Å². The molecule has 1 fully saturated rings. The van der Waals surface area contributed by atoms with E-state index in [4.69, 9.17) is 9.72 Å². The lowest BCUT2D eigenvalue weighted by atomic mass is 10.1. The maximum Gasteiger partial charge on any atom is 0.129 e. The number of nitrogens with zero attached hydrogens (tertiary/aromatic N) is 2. The van der Waals surface area contributed by atoms with Crippen LogP contribution in [-0.4, -0.2) is 37.3 Å². The number of morpholine rings is 1. The minimum atomic E-state index is 0.283. The third kappa shape index (κ3) is 3.93. The van der Waals surface area contributed by atoms with E-state index < -0.39 is 0 Å². The highest BCUT2D eigenvalue weighted by Crippen LogP contribution is 2.22. The van der Waals surface area contributed by atoms with Crippen molar-refractivity contribution in [2.45, 2.75) is 46.3 Å². The van der Waals surface area contributed by atoms with Gasteiger partial charge >= 0.3 is 0 Å². The molecule has 0 saturated carbocycles. The highest BCUT2D eigenvalue weighted by Gasteiger charge is 2.19. The molecule has 1 aliphatic heterocycles. The Labute approximate surface area is 122 Å². The van der Waals surface area contributed by atoms with Gasteiger partial charge in [-0.25, -0.2) is 4.98 Å². The molecule has 2 heterocycles. The molecule has 0 radical (unpaired) electrons. The van der Waals surface area contributed by atoms with Crippen molar-refractivity contribution in [1.29, 1.82) is 0 Å². The average Bonchev–Trinajstić information content (AvgIpc) is 2.44. The van der Waals surface area contributed by atoms with Crippen molar-refractivity contribution in [2.75, 3.05) is 31.1 Å². The van der Waals surface area contributed by atoms with E-state index in [9.17, 15) is 0 Å². The first-order valence-electron chi connectivity index (χ1n) is 7.68. The molecule has 1 unspecified atom stereocenters. The Bertz CT molecular complexity index is 434. The highest BCUT2D eigenvalue weighted by atomic mass is 16.5. The summed E-state index contributed by atoms with van der Waals surface area (Å²) in [5.41, 5.74) is 2.49. The molecule has 2 rings (SSSR count). The van der Waals surface area contributed by atoms with Crippen LogP contribution in [0.25, 0.3) is 0 Å². The lowest BCUT2D eigenvalue weighted by molar-refractivity contribution is 0.0529. The first-order chi connectivity index (χ1) is 9.60. The van der Waals surface area contributed by atoms with Gasteiger partial charge in [-0.05, 0) is 37.1 Å². The van der Waals surface area contributed by atoms with Gasteiger partial charge in [-0.15, -0.1) is 0 Å². The van der Waals surface area contributed by atoms with Crippen molar-refractivity contribution in [1.82, 2.24) is 10.3 Å². The van der Waals surface area contributed by atoms with Crippen LogP contribution in [0, 0.1) is 0 Å². The number of hydrogen-bond donors (Lipinski definition) is 1. The van der Waals surface area contributed by atoms with Gasteiger partial charge in [0.05, 0.1) is 12.7 Å². The normalized spacial score (nSPS) is 19.6. The molecule has 0 aromatic carbocycles. The predicted molar refractivity (Wildman–Crippen MR) is 83.3 cm³/mol. The molecule has 0 bridgehead atoms. The van der Waals surface area contributed by atoms with Gasteiger partial charge in [0.2, 0.25) is 0 Å². The van der Waals surface area contributed by atoms with Crippen LogP contribution in [-0.2, 0) is 11.3 Å². The van der Waals surface area contributed by atoms with E-state index in [-0.39, 0.29) is 6.10 Å². The summed E-state index contributed by atoms with van der Waals surface area (Å²) in [5.74, 6) is 1.55. The molecule has 0 spiro atoms. The summed E-state index contributed by atoms with van der Waals surface area (Å²) in [5, 5.41) is 3.40. The van der Waals surface area contributed by atoms with E-state index in [1.165, 1.54) is 11.3 Å². The maximum absolute atomic E-state index is 5.62. The smallest absolute Gasteiger partial charge is 0.129 e. The predicted octanol–water partition coefficient (Wildman–Crippen LogP) is 2.54. The maximum atomic E-state index is 5.62. The molecule has 1 aliphatic rings. The summed E-state index contributed by atoms with van der Waals surface area (Å²) in [6.45, 7) is 13.2. The molecule has 1 saturated heterocycles. The summed E-state index contributed by atoms with van der Waals surface area (Å²) in [6, 6.07) is 4.44. The molecule has 1 aromatic heterocycles. The molecule has 20 heavy (non-hydrogen) atoms. The second-order valence-corrected chi connectivity index (χ2v) is 5.82. The fourth-order valence-corrected chi connectivity index (χ4v) is 2.45. The Morgan fingerprint density at radius 2 is 2.25 bits per heavy atom. The minimum absolute atomic E-state index is 0.283. The van der Waals surface area contributed by atoms with Crippen LogP contribution in [0.15, 0.2) is 12.1 Å². The van der Waals surface area contributed by atoms with Crippen LogP contribution in [0.3, 0.4) is 0 Å². The van der Waals surface area contributed by atoms with Crippen molar-refractivity contribution in [3.05, 3.63) is 23.4 Å². The monoisotopic (exact) mass is 277 g/mol. The molecule has 0 aliphatic carbocycles. The fraction of sp³-hybridized carbons (Fsp3) is 0.688. The number of hydrogen-bond acceptors (Lipinski definition) is 4. The van der Waals surface area contributed by atoms with Crippen molar-refractivity contribution >= 4 is 5.82 Å². The number of aromatic nitrogens is 1. The van der Waals surface area contributed by atoms with Crippen molar-refractivity contribution < 1.29 is 4.74 Å². The van der Waals surface area contributed by atoms with Gasteiger partial charge < -0.3 is 15.0 Å². The average molecular weight is 277 g/mol. The first kappa shape index (κ1) is 15.3. The third-order valence-corrected chi connectivity index (χ3v) is 3.63. The standard InChI is InChI=1S/C16H27N3O/c1-5-17-10-14-8-15(12(2)3)18-16(9-14)19-6-7-20-13(4)11-19/h8-9,12-13,17H,5-7,10-11H2,1-4H3. The Kier molecular flexibility index (Phi) is 5.38. The van der Waals surface area contributed by atoms with Crippen LogP contribution >= 0.6 is 0 Å². The number of rotatable bonds is 5. The van der Waals surface area contributed by atoms with Gasteiger partial charge in [0.15, 0.2) is 0 Å². The van der Waals surface area contributed by atoms with Crippen molar-refractivity contribution in [2.24, 2.45) is 0 Å². The van der Waals surface area contributed by atoms with Crippen molar-refractivity contribution in [3.8, 4) is 0 Å². The Balaban J connectivity index is 2.23. The lowest BCUT2D eigenvalue weighted by Gasteiger charge is -2.32. The Hall–Kier alpha value is -1.13. The quantitative estimate of drug-likeness (QED) is 0.897. The van der Waals surface area contributed by atoms with E-state index in [1.54, 1.807) is 0 Å². The van der Waals surface area contributed by atoms with Crippen LogP contribution in [0.4, 0.5) is 5.82 Å². The van der Waals surface area contributed by atoms with Gasteiger partial charge in [-0.3, -0.25) is 0 Å². The van der Waals surface area contributed by atoms with Gasteiger partial charge in [0.1, 0.15) is 5.82 Å².